The quantitative estimate of drug-likeness (QED) is 0.810. The van der Waals surface area contributed by atoms with Gasteiger partial charge in [-0.05, 0) is 18.9 Å². The van der Waals surface area contributed by atoms with E-state index in [4.69, 9.17) is 5.11 Å². The van der Waals surface area contributed by atoms with E-state index < -0.39 is 21.9 Å². The van der Waals surface area contributed by atoms with Gasteiger partial charge in [0.15, 0.2) is 0 Å². The molecule has 0 fully saturated rings. The molecule has 17 heavy (non-hydrogen) atoms. The van der Waals surface area contributed by atoms with Gasteiger partial charge in [0.05, 0.1) is 6.20 Å². The molecule has 96 valence electrons. The third-order valence-electron chi connectivity index (χ3n) is 2.47. The third-order valence-corrected chi connectivity index (χ3v) is 4.00. The Labute approximate surface area is 99.7 Å². The molecule has 0 bridgehead atoms. The first kappa shape index (κ1) is 14.0. The molecule has 0 saturated carbocycles. The van der Waals surface area contributed by atoms with Crippen LogP contribution in [0.1, 0.15) is 13.8 Å². The standard InChI is InChI=1S/C10H15FN2O3S/c1-7(6-14)8(2)13-17(15,16)10-3-9(11)4-12-5-10/h3-5,7-8,13-14H,6H2,1-2H3. The predicted octanol–water partition coefficient (Wildman–Crippen LogP) is 0.516. The fourth-order valence-corrected chi connectivity index (χ4v) is 2.45. The van der Waals surface area contributed by atoms with Crippen molar-refractivity contribution in [2.75, 3.05) is 6.61 Å². The second-order valence-electron chi connectivity index (χ2n) is 3.91. The van der Waals surface area contributed by atoms with Crippen molar-refractivity contribution in [2.24, 2.45) is 5.92 Å². The van der Waals surface area contributed by atoms with Crippen LogP contribution < -0.4 is 4.72 Å². The molecule has 0 amide bonds. The lowest BCUT2D eigenvalue weighted by Gasteiger charge is -2.19. The molecule has 0 aliphatic rings. The molecule has 1 aromatic heterocycles. The van der Waals surface area contributed by atoms with Crippen LogP contribution in [0.3, 0.4) is 0 Å². The Bertz CT molecular complexity index is 478. The van der Waals surface area contributed by atoms with E-state index in [9.17, 15) is 12.8 Å². The minimum Gasteiger partial charge on any atom is -0.396 e. The maximum Gasteiger partial charge on any atom is 0.242 e. The van der Waals surface area contributed by atoms with Crippen molar-refractivity contribution < 1.29 is 17.9 Å². The topological polar surface area (TPSA) is 79.3 Å². The SMILES string of the molecule is CC(CO)C(C)NS(=O)(=O)c1cncc(F)c1. The van der Waals surface area contributed by atoms with Crippen LogP contribution in [-0.4, -0.2) is 31.2 Å². The normalized spacial score (nSPS) is 15.5. The highest BCUT2D eigenvalue weighted by Gasteiger charge is 2.21. The highest BCUT2D eigenvalue weighted by molar-refractivity contribution is 7.89. The van der Waals surface area contributed by atoms with Gasteiger partial charge in [0.2, 0.25) is 10.0 Å². The van der Waals surface area contributed by atoms with Gasteiger partial charge in [-0.15, -0.1) is 0 Å². The van der Waals surface area contributed by atoms with Crippen molar-refractivity contribution in [3.8, 4) is 0 Å². The summed E-state index contributed by atoms with van der Waals surface area (Å²) in [6, 6.07) is 0.444. The van der Waals surface area contributed by atoms with Crippen LogP contribution in [-0.2, 0) is 10.0 Å². The van der Waals surface area contributed by atoms with Crippen molar-refractivity contribution in [1.29, 1.82) is 0 Å². The van der Waals surface area contributed by atoms with Gasteiger partial charge in [-0.1, -0.05) is 6.92 Å². The van der Waals surface area contributed by atoms with Crippen molar-refractivity contribution in [2.45, 2.75) is 24.8 Å². The first-order chi connectivity index (χ1) is 7.86. The number of halogens is 1. The lowest BCUT2D eigenvalue weighted by Crippen LogP contribution is -2.38. The maximum absolute atomic E-state index is 12.9. The van der Waals surface area contributed by atoms with Crippen LogP contribution in [0, 0.1) is 11.7 Å². The molecule has 0 aliphatic carbocycles. The molecular formula is C10H15FN2O3S. The first-order valence-electron chi connectivity index (χ1n) is 5.10. The smallest absolute Gasteiger partial charge is 0.242 e. The van der Waals surface area contributed by atoms with Crippen molar-refractivity contribution in [3.63, 3.8) is 0 Å². The van der Waals surface area contributed by atoms with Gasteiger partial charge in [0.1, 0.15) is 10.7 Å². The Morgan fingerprint density at radius 3 is 2.65 bits per heavy atom. The number of hydrogen-bond acceptors (Lipinski definition) is 4. The summed E-state index contributed by atoms with van der Waals surface area (Å²) in [6.45, 7) is 3.20. The summed E-state index contributed by atoms with van der Waals surface area (Å²) in [7, 11) is -3.80. The second kappa shape index (κ2) is 5.52. The van der Waals surface area contributed by atoms with Crippen molar-refractivity contribution in [1.82, 2.24) is 9.71 Å². The summed E-state index contributed by atoms with van der Waals surface area (Å²) in [5.41, 5.74) is 0. The number of nitrogens with zero attached hydrogens (tertiary/aromatic N) is 1. The molecule has 7 heteroatoms. The Morgan fingerprint density at radius 2 is 2.12 bits per heavy atom. The molecule has 5 nitrogen and oxygen atoms in total. The zero-order valence-corrected chi connectivity index (χ0v) is 10.4. The van der Waals surface area contributed by atoms with Gasteiger partial charge in [0.25, 0.3) is 0 Å². The van der Waals surface area contributed by atoms with E-state index in [0.717, 1.165) is 18.5 Å². The van der Waals surface area contributed by atoms with Crippen LogP contribution in [0.5, 0.6) is 0 Å². The van der Waals surface area contributed by atoms with Crippen LogP contribution in [0.4, 0.5) is 4.39 Å². The van der Waals surface area contributed by atoms with E-state index in [2.05, 4.69) is 9.71 Å². The third kappa shape index (κ3) is 3.72. The van der Waals surface area contributed by atoms with Gasteiger partial charge in [-0.2, -0.15) is 0 Å². The van der Waals surface area contributed by atoms with Crippen LogP contribution in [0.15, 0.2) is 23.4 Å². The van der Waals surface area contributed by atoms with Crippen LogP contribution >= 0.6 is 0 Å². The number of hydrogen-bond donors (Lipinski definition) is 2. The number of aliphatic hydroxyl groups is 1. The van der Waals surface area contributed by atoms with Gasteiger partial charge in [-0.25, -0.2) is 17.5 Å². The lowest BCUT2D eigenvalue weighted by atomic mass is 10.1. The highest BCUT2D eigenvalue weighted by atomic mass is 32.2. The van der Waals surface area contributed by atoms with Crippen LogP contribution in [0.25, 0.3) is 0 Å². The first-order valence-corrected chi connectivity index (χ1v) is 6.59. The zero-order valence-electron chi connectivity index (χ0n) is 9.59. The molecule has 2 N–H and O–H groups in total. The molecule has 1 aromatic rings. The maximum atomic E-state index is 12.9. The fraction of sp³-hybridized carbons (Fsp3) is 0.500. The van der Waals surface area contributed by atoms with Gasteiger partial charge < -0.3 is 5.11 Å². The summed E-state index contributed by atoms with van der Waals surface area (Å²) in [6.07, 6.45) is 2.00. The lowest BCUT2D eigenvalue weighted by molar-refractivity contribution is 0.216. The number of aliphatic hydroxyl groups excluding tert-OH is 1. The van der Waals surface area contributed by atoms with Crippen molar-refractivity contribution >= 4 is 10.0 Å². The molecule has 0 saturated heterocycles. The Balaban J connectivity index is 2.89. The number of nitrogens with one attached hydrogen (secondary N) is 1. The number of rotatable bonds is 5. The summed E-state index contributed by atoms with van der Waals surface area (Å²) in [4.78, 5) is 3.25. The zero-order chi connectivity index (χ0) is 13.1. The molecule has 0 spiro atoms. The summed E-state index contributed by atoms with van der Waals surface area (Å²) >= 11 is 0. The largest absolute Gasteiger partial charge is 0.396 e. The van der Waals surface area contributed by atoms with Crippen molar-refractivity contribution in [3.05, 3.63) is 24.3 Å². The molecule has 0 aliphatic heterocycles. The van der Waals surface area contributed by atoms with E-state index in [1.165, 1.54) is 0 Å². The molecule has 2 atom stereocenters. The minimum atomic E-state index is -3.80. The fourth-order valence-electron chi connectivity index (χ4n) is 1.13. The summed E-state index contributed by atoms with van der Waals surface area (Å²) < 4.78 is 38.9. The predicted molar refractivity (Wildman–Crippen MR) is 60.2 cm³/mol. The van der Waals surface area contributed by atoms with E-state index >= 15 is 0 Å². The number of sulfonamides is 1. The Morgan fingerprint density at radius 1 is 1.47 bits per heavy atom. The highest BCUT2D eigenvalue weighted by Crippen LogP contribution is 2.11. The molecule has 2 unspecified atom stereocenters. The average molecular weight is 262 g/mol. The van der Waals surface area contributed by atoms with Gasteiger partial charge in [-0.3, -0.25) is 4.98 Å². The summed E-state index contributed by atoms with van der Waals surface area (Å²) in [5.74, 6) is -0.943. The number of pyridine rings is 1. The van der Waals surface area contributed by atoms with Gasteiger partial charge >= 0.3 is 0 Å². The van der Waals surface area contributed by atoms with E-state index in [0.29, 0.717) is 0 Å². The van der Waals surface area contributed by atoms with E-state index in [1.54, 1.807) is 13.8 Å². The monoisotopic (exact) mass is 262 g/mol. The van der Waals surface area contributed by atoms with E-state index in [-0.39, 0.29) is 17.4 Å². The average Bonchev–Trinajstić information content (AvgIpc) is 2.27. The number of aromatic nitrogens is 1. The molecule has 1 rings (SSSR count). The Kier molecular flexibility index (Phi) is 4.55. The Hall–Kier alpha value is -1.05. The summed E-state index contributed by atoms with van der Waals surface area (Å²) in [5, 5.41) is 8.91. The van der Waals surface area contributed by atoms with Gasteiger partial charge in [0, 0.05) is 18.8 Å². The molecular weight excluding hydrogens is 247 g/mol. The molecule has 0 radical (unpaired) electrons. The second-order valence-corrected chi connectivity index (χ2v) is 5.62. The minimum absolute atomic E-state index is 0.134. The molecule has 1 heterocycles. The molecule has 0 aromatic carbocycles. The van der Waals surface area contributed by atoms with E-state index in [1.807, 2.05) is 0 Å². The van der Waals surface area contributed by atoms with Crippen LogP contribution in [0.2, 0.25) is 0 Å².